The molecule has 8 N–H and O–H groups in total. The molecular weight excluding hydrogens is 788 g/mol. The minimum absolute atomic E-state index is 0.00667. The van der Waals surface area contributed by atoms with E-state index >= 15 is 0 Å². The molecule has 59 heavy (non-hydrogen) atoms. The number of allylic oxidation sites excluding steroid dienone is 9. The predicted octanol–water partition coefficient (Wildman–Crippen LogP) is 4.13. The molecule has 0 unspecified atom stereocenters. The van der Waals surface area contributed by atoms with Crippen LogP contribution in [0.4, 0.5) is 0 Å². The molecule has 326 valence electrons. The van der Waals surface area contributed by atoms with Gasteiger partial charge in [-0.05, 0) is 52.7 Å². The molecule has 0 aliphatic heterocycles. The summed E-state index contributed by atoms with van der Waals surface area (Å²) in [5, 5.41) is 64.3. The summed E-state index contributed by atoms with van der Waals surface area (Å²) in [7, 11) is 0. The fourth-order valence-corrected chi connectivity index (χ4v) is 2.21. The van der Waals surface area contributed by atoms with Crippen molar-refractivity contribution in [2.24, 2.45) is 0 Å². The number of carbonyl (C=O) groups excluding carboxylic acids is 4. The zero-order chi connectivity index (χ0) is 47.2. The van der Waals surface area contributed by atoms with Gasteiger partial charge in [-0.1, -0.05) is 54.7 Å². The van der Waals surface area contributed by atoms with E-state index in [0.29, 0.717) is 25.0 Å². The van der Waals surface area contributed by atoms with Crippen LogP contribution in [0.15, 0.2) is 97.2 Å². The quantitative estimate of drug-likeness (QED) is 0.0457. The van der Waals surface area contributed by atoms with Crippen LogP contribution in [0.25, 0.3) is 0 Å². The van der Waals surface area contributed by atoms with E-state index in [1.807, 2.05) is 0 Å². The fraction of sp³-hybridized carbons (Fsp3) is 0.282. The molecule has 0 saturated heterocycles. The van der Waals surface area contributed by atoms with Crippen molar-refractivity contribution < 1.29 is 98.4 Å². The van der Waals surface area contributed by atoms with Crippen molar-refractivity contribution >= 4 is 70.9 Å². The van der Waals surface area contributed by atoms with Gasteiger partial charge in [0, 0.05) is 49.6 Å². The first-order valence-electron chi connectivity index (χ1n) is 16.4. The average molecular weight is 839 g/mol. The highest BCUT2D eigenvalue weighted by Crippen LogP contribution is 1.90. The van der Waals surface area contributed by atoms with Gasteiger partial charge in [0.1, 0.15) is 11.6 Å². The van der Waals surface area contributed by atoms with Gasteiger partial charge in [-0.2, -0.15) is 0 Å². The lowest BCUT2D eigenvalue weighted by Crippen LogP contribution is -1.92. The maximum absolute atomic E-state index is 10.3. The molecule has 20 nitrogen and oxygen atoms in total. The Balaban J connectivity index is -0.000000143. The van der Waals surface area contributed by atoms with Gasteiger partial charge in [0.15, 0.2) is 11.6 Å². The minimum atomic E-state index is -1.26. The zero-order valence-electron chi connectivity index (χ0n) is 32.7. The Morgan fingerprint density at radius 1 is 0.339 bits per heavy atom. The van der Waals surface area contributed by atoms with Crippen molar-refractivity contribution in [1.82, 2.24) is 0 Å². The molecule has 0 amide bonds. The molecule has 0 aliphatic rings. The van der Waals surface area contributed by atoms with E-state index in [-0.39, 0.29) is 55.2 Å². The predicted molar refractivity (Wildman–Crippen MR) is 209 cm³/mol. The third-order valence-corrected chi connectivity index (χ3v) is 4.44. The van der Waals surface area contributed by atoms with Gasteiger partial charge in [0.05, 0.1) is 12.8 Å². The van der Waals surface area contributed by atoms with Crippen LogP contribution >= 0.6 is 0 Å². The molecule has 0 aromatic carbocycles. The second kappa shape index (κ2) is 46.5. The van der Waals surface area contributed by atoms with Crippen LogP contribution in [-0.4, -0.2) is 112 Å². The molecule has 0 aromatic heterocycles. The van der Waals surface area contributed by atoms with Gasteiger partial charge >= 0.3 is 47.8 Å². The lowest BCUT2D eigenvalue weighted by atomic mass is 10.3. The van der Waals surface area contributed by atoms with E-state index < -0.39 is 47.8 Å². The van der Waals surface area contributed by atoms with Gasteiger partial charge in [-0.25, -0.2) is 24.0 Å². The summed E-state index contributed by atoms with van der Waals surface area (Å²) in [4.78, 5) is 119. The van der Waals surface area contributed by atoms with E-state index in [4.69, 9.17) is 40.9 Å². The first-order chi connectivity index (χ1) is 27.3. The van der Waals surface area contributed by atoms with Crippen molar-refractivity contribution in [2.45, 2.75) is 72.6 Å². The zero-order valence-corrected chi connectivity index (χ0v) is 32.7. The molecule has 0 heterocycles. The van der Waals surface area contributed by atoms with Gasteiger partial charge in [-0.15, -0.1) is 0 Å². The first-order valence-corrected chi connectivity index (χ1v) is 16.4. The smallest absolute Gasteiger partial charge is 0.328 e. The van der Waals surface area contributed by atoms with E-state index in [9.17, 15) is 57.5 Å². The Bertz CT molecular complexity index is 1560. The Morgan fingerprint density at radius 3 is 1.07 bits per heavy atom. The van der Waals surface area contributed by atoms with Crippen molar-refractivity contribution in [3.05, 3.63) is 97.2 Å². The van der Waals surface area contributed by atoms with Crippen molar-refractivity contribution in [3.63, 3.8) is 0 Å². The lowest BCUT2D eigenvalue weighted by Gasteiger charge is -1.84. The number of hydrogen-bond acceptors (Lipinski definition) is 12. The van der Waals surface area contributed by atoms with Crippen LogP contribution in [0.2, 0.25) is 0 Å². The average Bonchev–Trinajstić information content (AvgIpc) is 3.08. The van der Waals surface area contributed by atoms with Crippen molar-refractivity contribution in [2.75, 3.05) is 0 Å². The molecule has 0 spiro atoms. The lowest BCUT2D eigenvalue weighted by molar-refractivity contribution is -0.137. The van der Waals surface area contributed by atoms with Crippen LogP contribution in [0, 0.1) is 0 Å². The summed E-state index contributed by atoms with van der Waals surface area (Å²) in [5.41, 5.74) is 0. The molecule has 0 fully saturated rings. The number of aliphatic carboxylic acids is 8. The standard InChI is InChI=1S/2C8H10O3.C7H10O3.C6H8O4.C6H8O3.C4H4O4/c2*1-7(9)5-3-2-4-6-8(10)11;1-6(8)4-2-3-5-7(9)10;7-5(8)3-1-2-4-6(9)10;1-5(7)3-2-4-6(8)9;5-3(6)1-2-4(7)8/h3-6H,2H2,1H3,(H,10,11);2-5H,6H2,1H3,(H,10,11);2-3H,4-5H2,1H3,(H,9,10);1,3H,2,4H2,(H,7,8)(H,9,10);2,4H,3H2,1H3,(H,8,9);1-2H,(H,5,6)(H,7,8)/b5-3+,6-4+;4-2+,5-3+;3-2+;3-1+;4-2+;2-1+. The Morgan fingerprint density at radius 2 is 0.695 bits per heavy atom. The summed E-state index contributed by atoms with van der Waals surface area (Å²) < 4.78 is 0. The molecule has 0 aromatic rings. The highest BCUT2D eigenvalue weighted by molar-refractivity contribution is 5.90. The minimum Gasteiger partial charge on any atom is -0.481 e. The summed E-state index contributed by atoms with van der Waals surface area (Å²) in [6.07, 6.45) is 21.4. The first kappa shape index (κ1) is 63.3. The third-order valence-electron chi connectivity index (χ3n) is 4.44. The van der Waals surface area contributed by atoms with Gasteiger partial charge in [-0.3, -0.25) is 33.6 Å². The molecule has 0 aliphatic carbocycles. The number of ketones is 4. The van der Waals surface area contributed by atoms with Crippen LogP contribution in [0.5, 0.6) is 0 Å². The van der Waals surface area contributed by atoms with Crippen LogP contribution in [0.3, 0.4) is 0 Å². The van der Waals surface area contributed by atoms with Crippen LogP contribution in [-0.2, 0) is 57.5 Å². The molecule has 0 atom stereocenters. The van der Waals surface area contributed by atoms with Crippen LogP contribution < -0.4 is 0 Å². The van der Waals surface area contributed by atoms with E-state index in [0.717, 1.165) is 18.2 Å². The van der Waals surface area contributed by atoms with Gasteiger partial charge in [0.2, 0.25) is 0 Å². The third kappa shape index (κ3) is 106. The van der Waals surface area contributed by atoms with Crippen molar-refractivity contribution in [3.8, 4) is 0 Å². The van der Waals surface area contributed by atoms with Gasteiger partial charge < -0.3 is 40.9 Å². The largest absolute Gasteiger partial charge is 0.481 e. The molecule has 0 bridgehead atoms. The second-order valence-corrected chi connectivity index (χ2v) is 10.3. The molecule has 20 heteroatoms. The highest BCUT2D eigenvalue weighted by atomic mass is 16.4. The molecular formula is C39H50O20. The van der Waals surface area contributed by atoms with E-state index in [1.165, 1.54) is 82.4 Å². The number of hydrogen-bond donors (Lipinski definition) is 8. The maximum Gasteiger partial charge on any atom is 0.328 e. The van der Waals surface area contributed by atoms with Gasteiger partial charge in [0.25, 0.3) is 0 Å². The Labute approximate surface area is 338 Å². The van der Waals surface area contributed by atoms with E-state index in [2.05, 4.69) is 0 Å². The summed E-state index contributed by atoms with van der Waals surface area (Å²) in [6.45, 7) is 5.75. The number of carboxylic acids is 8. The maximum atomic E-state index is 10.3. The normalized spacial score (nSPS) is 10.3. The molecule has 0 radical (unpaired) electrons. The SMILES string of the molecule is CC(=O)/C=C/C/C=C/C(=O)O.CC(=O)/C=C/C=C/CC(=O)O.CC(=O)C/C=C/C(=O)O.CC(=O)C/C=C/CC(=O)O.O=C(O)/C=C/C(=O)O.O=C(O)/C=C/CCC(=O)O. The summed E-state index contributed by atoms with van der Waals surface area (Å²) in [5.74, 6) is -8.30. The second-order valence-electron chi connectivity index (χ2n) is 10.3. The number of carbonyl (C=O) groups is 12. The topological polar surface area (TPSA) is 367 Å². The Hall–Kier alpha value is -7.64. The number of carboxylic acid groups (broad SMARTS) is 8. The highest BCUT2D eigenvalue weighted by Gasteiger charge is 1.93. The summed E-state index contributed by atoms with van der Waals surface area (Å²) >= 11 is 0. The number of rotatable bonds is 21. The van der Waals surface area contributed by atoms with Crippen LogP contribution in [0.1, 0.15) is 72.6 Å². The summed E-state index contributed by atoms with van der Waals surface area (Å²) in [6, 6.07) is 0. The molecule has 0 rings (SSSR count). The number of Topliss-reactive ketones (excluding diaryl/α,β-unsaturated/α-hetero) is 2. The van der Waals surface area contributed by atoms with E-state index in [1.54, 1.807) is 12.2 Å². The fourth-order valence-electron chi connectivity index (χ4n) is 2.21. The Kier molecular flexibility index (Phi) is 49.9. The molecule has 0 saturated carbocycles. The van der Waals surface area contributed by atoms with Crippen molar-refractivity contribution in [1.29, 1.82) is 0 Å². The monoisotopic (exact) mass is 838 g/mol.